The molecule has 0 aliphatic rings. The van der Waals surface area contributed by atoms with Gasteiger partial charge in [-0.05, 0) is 32.6 Å². The van der Waals surface area contributed by atoms with Crippen LogP contribution >= 0.6 is 0 Å². The van der Waals surface area contributed by atoms with Crippen molar-refractivity contribution >= 4 is 5.97 Å². The molecule has 0 amide bonds. The fourth-order valence-corrected chi connectivity index (χ4v) is 1.76. The Morgan fingerprint density at radius 1 is 1.10 bits per heavy atom. The van der Waals surface area contributed by atoms with Crippen molar-refractivity contribution in [2.45, 2.75) is 66.7 Å². The van der Waals surface area contributed by atoms with Gasteiger partial charge < -0.3 is 14.2 Å². The number of esters is 1. The highest BCUT2D eigenvalue weighted by Gasteiger charge is 2.26. The van der Waals surface area contributed by atoms with Crippen LogP contribution in [0.2, 0.25) is 0 Å². The van der Waals surface area contributed by atoms with E-state index in [0.717, 1.165) is 19.4 Å². The first-order valence-electron chi connectivity index (χ1n) is 8.30. The number of hydrogen-bond donors (Lipinski definition) is 0. The molecule has 126 valence electrons. The lowest BCUT2D eigenvalue weighted by atomic mass is 9.91. The molecule has 1 unspecified atom stereocenters. The third kappa shape index (κ3) is 9.86. The Labute approximate surface area is 130 Å². The molecule has 0 aromatic carbocycles. The van der Waals surface area contributed by atoms with Crippen molar-refractivity contribution in [2.75, 3.05) is 26.6 Å². The van der Waals surface area contributed by atoms with Crippen LogP contribution in [0.1, 0.15) is 66.7 Å². The first-order valence-corrected chi connectivity index (χ1v) is 8.30. The van der Waals surface area contributed by atoms with Crippen molar-refractivity contribution in [2.24, 2.45) is 11.3 Å². The van der Waals surface area contributed by atoms with Crippen LogP contribution in [0.5, 0.6) is 0 Å². The van der Waals surface area contributed by atoms with E-state index in [4.69, 9.17) is 14.2 Å². The topological polar surface area (TPSA) is 44.8 Å². The summed E-state index contributed by atoms with van der Waals surface area (Å²) in [6.45, 7) is 11.9. The van der Waals surface area contributed by atoms with E-state index in [1.54, 1.807) is 0 Å². The number of carbonyl (C=O) groups excluding carboxylic acids is 1. The summed E-state index contributed by atoms with van der Waals surface area (Å²) in [7, 11) is 0. The Morgan fingerprint density at radius 3 is 2.38 bits per heavy atom. The van der Waals surface area contributed by atoms with Gasteiger partial charge in [0.2, 0.25) is 0 Å². The van der Waals surface area contributed by atoms with Crippen LogP contribution < -0.4 is 0 Å². The van der Waals surface area contributed by atoms with E-state index in [1.807, 2.05) is 20.8 Å². The van der Waals surface area contributed by atoms with E-state index in [0.29, 0.717) is 19.1 Å². The number of carbonyl (C=O) groups is 1. The maximum atomic E-state index is 11.7. The predicted octanol–water partition coefficient (Wildman–Crippen LogP) is 4.17. The fourth-order valence-electron chi connectivity index (χ4n) is 1.76. The van der Waals surface area contributed by atoms with Gasteiger partial charge in [-0.3, -0.25) is 4.79 Å². The van der Waals surface area contributed by atoms with Gasteiger partial charge in [-0.15, -0.1) is 0 Å². The van der Waals surface area contributed by atoms with Crippen LogP contribution in [-0.4, -0.2) is 32.6 Å². The molecule has 1 atom stereocenters. The predicted molar refractivity (Wildman–Crippen MR) is 85.1 cm³/mol. The highest BCUT2D eigenvalue weighted by molar-refractivity contribution is 5.75. The van der Waals surface area contributed by atoms with Crippen LogP contribution in [0, 0.1) is 11.3 Å². The van der Waals surface area contributed by atoms with Gasteiger partial charge in [0.15, 0.2) is 0 Å². The van der Waals surface area contributed by atoms with E-state index in [2.05, 4.69) is 13.8 Å². The largest absolute Gasteiger partial charge is 0.463 e. The average Bonchev–Trinajstić information content (AvgIpc) is 2.48. The lowest BCUT2D eigenvalue weighted by molar-refractivity contribution is -0.157. The summed E-state index contributed by atoms with van der Waals surface area (Å²) in [5, 5.41) is 0. The molecule has 0 aliphatic carbocycles. The van der Waals surface area contributed by atoms with E-state index >= 15 is 0 Å². The monoisotopic (exact) mass is 302 g/mol. The van der Waals surface area contributed by atoms with Crippen molar-refractivity contribution in [1.29, 1.82) is 0 Å². The molecule has 4 nitrogen and oxygen atoms in total. The van der Waals surface area contributed by atoms with Crippen LogP contribution in [-0.2, 0) is 19.0 Å². The Kier molecular flexibility index (Phi) is 11.6. The second-order valence-electron chi connectivity index (χ2n) is 6.19. The van der Waals surface area contributed by atoms with Gasteiger partial charge in [-0.2, -0.15) is 0 Å². The molecule has 0 aliphatic heterocycles. The molecule has 0 aromatic rings. The van der Waals surface area contributed by atoms with Gasteiger partial charge in [-0.1, -0.05) is 40.0 Å². The summed E-state index contributed by atoms with van der Waals surface area (Å²) < 4.78 is 16.0. The molecule has 0 rings (SSSR count). The second-order valence-corrected chi connectivity index (χ2v) is 6.19. The van der Waals surface area contributed by atoms with Crippen molar-refractivity contribution in [3.63, 3.8) is 0 Å². The van der Waals surface area contributed by atoms with Crippen LogP contribution in [0.4, 0.5) is 0 Å². The lowest BCUT2D eigenvalue weighted by Gasteiger charge is -2.20. The molecule has 4 heteroatoms. The molecule has 0 radical (unpaired) electrons. The van der Waals surface area contributed by atoms with Gasteiger partial charge in [0, 0.05) is 0 Å². The van der Waals surface area contributed by atoms with Crippen LogP contribution in [0.3, 0.4) is 0 Å². The quantitative estimate of drug-likeness (QED) is 0.291. The van der Waals surface area contributed by atoms with Gasteiger partial charge in [0.25, 0.3) is 0 Å². The Morgan fingerprint density at radius 2 is 1.81 bits per heavy atom. The van der Waals surface area contributed by atoms with Crippen molar-refractivity contribution < 1.29 is 19.0 Å². The summed E-state index contributed by atoms with van der Waals surface area (Å²) in [4.78, 5) is 11.7. The van der Waals surface area contributed by atoms with Gasteiger partial charge in [-0.25, -0.2) is 0 Å². The zero-order valence-electron chi connectivity index (χ0n) is 14.6. The molecule has 0 fully saturated rings. The third-order valence-corrected chi connectivity index (χ3v) is 3.96. The maximum absolute atomic E-state index is 11.7. The highest BCUT2D eigenvalue weighted by Crippen LogP contribution is 2.21. The minimum absolute atomic E-state index is 0.167. The molecule has 0 spiro atoms. The van der Waals surface area contributed by atoms with Crippen LogP contribution in [0.15, 0.2) is 0 Å². The molecular weight excluding hydrogens is 268 g/mol. The zero-order valence-corrected chi connectivity index (χ0v) is 14.6. The van der Waals surface area contributed by atoms with Gasteiger partial charge in [0.1, 0.15) is 13.4 Å². The molecule has 0 heterocycles. The molecule has 0 saturated carbocycles. The average molecular weight is 302 g/mol. The Bertz CT molecular complexity index is 264. The Balaban J connectivity index is 3.54. The number of rotatable bonds is 13. The fraction of sp³-hybridized carbons (Fsp3) is 0.941. The highest BCUT2D eigenvalue weighted by atomic mass is 16.7. The van der Waals surface area contributed by atoms with E-state index < -0.39 is 5.41 Å². The lowest BCUT2D eigenvalue weighted by Crippen LogP contribution is -2.27. The summed E-state index contributed by atoms with van der Waals surface area (Å²) in [6, 6.07) is 0. The first-order chi connectivity index (χ1) is 9.97. The standard InChI is InChI=1S/C17H34O4/c1-6-9-10-15(7-2)13-20-14-19-11-12-21-16(18)17(4,5)8-3/h15H,6-14H2,1-5H3. The summed E-state index contributed by atoms with van der Waals surface area (Å²) in [5.41, 5.74) is -0.413. The van der Waals surface area contributed by atoms with Crippen molar-refractivity contribution in [1.82, 2.24) is 0 Å². The zero-order chi connectivity index (χ0) is 16.1. The number of hydrogen-bond acceptors (Lipinski definition) is 4. The number of unbranched alkanes of at least 4 members (excludes halogenated alkanes) is 1. The van der Waals surface area contributed by atoms with Crippen LogP contribution in [0.25, 0.3) is 0 Å². The minimum Gasteiger partial charge on any atom is -0.463 e. The number of ether oxygens (including phenoxy) is 3. The Hall–Kier alpha value is -0.610. The molecule has 0 saturated heterocycles. The molecule has 0 N–H and O–H groups in total. The molecule has 0 aromatic heterocycles. The van der Waals surface area contributed by atoms with E-state index in [9.17, 15) is 4.79 Å². The SMILES string of the molecule is CCCCC(CC)COCOCCOC(=O)C(C)(C)CC. The normalized spacial score (nSPS) is 13.2. The minimum atomic E-state index is -0.413. The second kappa shape index (κ2) is 12.0. The van der Waals surface area contributed by atoms with Crippen molar-refractivity contribution in [3.05, 3.63) is 0 Å². The maximum Gasteiger partial charge on any atom is 0.311 e. The summed E-state index contributed by atoms with van der Waals surface area (Å²) in [6.07, 6.45) is 5.62. The van der Waals surface area contributed by atoms with Crippen molar-refractivity contribution in [3.8, 4) is 0 Å². The first kappa shape index (κ1) is 20.4. The van der Waals surface area contributed by atoms with Gasteiger partial charge in [0.05, 0.1) is 18.6 Å². The molecule has 21 heavy (non-hydrogen) atoms. The van der Waals surface area contributed by atoms with Gasteiger partial charge >= 0.3 is 5.97 Å². The third-order valence-electron chi connectivity index (χ3n) is 3.96. The van der Waals surface area contributed by atoms with E-state index in [1.165, 1.54) is 19.3 Å². The van der Waals surface area contributed by atoms with E-state index in [-0.39, 0.29) is 12.8 Å². The molecule has 0 bridgehead atoms. The molecular formula is C17H34O4. The summed E-state index contributed by atoms with van der Waals surface area (Å²) in [5.74, 6) is 0.455. The smallest absolute Gasteiger partial charge is 0.311 e. The summed E-state index contributed by atoms with van der Waals surface area (Å²) >= 11 is 0.